The molecule has 0 bridgehead atoms. The Hall–Kier alpha value is -1.92. The molecule has 1 aliphatic rings. The number of hydrogen-bond acceptors (Lipinski definition) is 5. The van der Waals surface area contributed by atoms with Crippen LogP contribution in [-0.2, 0) is 14.3 Å². The molecule has 1 N–H and O–H groups in total. The van der Waals surface area contributed by atoms with Gasteiger partial charge in [0.2, 0.25) is 0 Å². The number of carbonyl (C=O) groups excluding carboxylic acids is 2. The van der Waals surface area contributed by atoms with Gasteiger partial charge < -0.3 is 19.5 Å². The second-order valence-electron chi connectivity index (χ2n) is 10.6. The second-order valence-corrected chi connectivity index (χ2v) is 10.6. The van der Waals surface area contributed by atoms with Gasteiger partial charge in [0.1, 0.15) is 12.4 Å². The first-order chi connectivity index (χ1) is 15.6. The lowest BCUT2D eigenvalue weighted by atomic mass is 9.52. The second kappa shape index (κ2) is 12.5. The third-order valence-electron chi connectivity index (χ3n) is 6.60. The van der Waals surface area contributed by atoms with Crippen LogP contribution in [0.2, 0.25) is 0 Å². The van der Waals surface area contributed by atoms with E-state index in [2.05, 4.69) is 33.0 Å². The first-order valence-corrected chi connectivity index (χ1v) is 12.3. The maximum atomic E-state index is 12.6. The molecule has 186 valence electrons. The molecule has 0 heterocycles. The summed E-state index contributed by atoms with van der Waals surface area (Å²) in [5, 5.41) is 3.21. The summed E-state index contributed by atoms with van der Waals surface area (Å²) < 4.78 is 16.7. The molecular formula is C27H43NO5. The van der Waals surface area contributed by atoms with Crippen LogP contribution in [0.25, 0.3) is 0 Å². The molecule has 0 radical (unpaired) electrons. The molecule has 6 heteroatoms. The molecule has 0 spiro atoms. The van der Waals surface area contributed by atoms with Crippen molar-refractivity contribution < 1.29 is 23.8 Å². The van der Waals surface area contributed by atoms with Crippen molar-refractivity contribution in [2.75, 3.05) is 33.0 Å². The first-order valence-electron chi connectivity index (χ1n) is 12.3. The summed E-state index contributed by atoms with van der Waals surface area (Å²) in [5.41, 5.74) is 0.916. The van der Waals surface area contributed by atoms with Gasteiger partial charge in [-0.05, 0) is 60.8 Å². The van der Waals surface area contributed by atoms with Crippen LogP contribution >= 0.6 is 0 Å². The number of carbonyl (C=O) groups is 2. The Balaban J connectivity index is 1.55. The molecule has 1 aliphatic carbocycles. The number of Topliss-reactive ketones (excluding diaryl/α,β-unsaturated/α-hetero) is 1. The summed E-state index contributed by atoms with van der Waals surface area (Å²) in [5.74, 6) is 0.940. The van der Waals surface area contributed by atoms with Crippen molar-refractivity contribution in [1.29, 1.82) is 0 Å². The van der Waals surface area contributed by atoms with Gasteiger partial charge in [-0.2, -0.15) is 0 Å². The van der Waals surface area contributed by atoms with Gasteiger partial charge in [0.25, 0.3) is 5.91 Å². The zero-order chi connectivity index (χ0) is 24.5. The number of hydrogen-bond donors (Lipinski definition) is 1. The van der Waals surface area contributed by atoms with E-state index in [1.807, 2.05) is 38.1 Å². The summed E-state index contributed by atoms with van der Waals surface area (Å²) in [7, 11) is 0. The maximum Gasteiger partial charge on any atom is 0.251 e. The molecule has 0 saturated heterocycles. The molecule has 1 fully saturated rings. The molecule has 0 aromatic heterocycles. The lowest BCUT2D eigenvalue weighted by Crippen LogP contribution is -2.63. The van der Waals surface area contributed by atoms with E-state index in [0.29, 0.717) is 32.0 Å². The summed E-state index contributed by atoms with van der Waals surface area (Å²) in [6.45, 7) is 15.1. The third kappa shape index (κ3) is 8.42. The van der Waals surface area contributed by atoms with Crippen LogP contribution in [0, 0.1) is 16.7 Å². The minimum absolute atomic E-state index is 0.0298. The van der Waals surface area contributed by atoms with Gasteiger partial charge in [0.05, 0.1) is 19.8 Å². The maximum absolute atomic E-state index is 12.6. The Morgan fingerprint density at radius 3 is 2.18 bits per heavy atom. The minimum atomic E-state index is -0.0298. The Morgan fingerprint density at radius 1 is 0.970 bits per heavy atom. The van der Waals surface area contributed by atoms with Gasteiger partial charge >= 0.3 is 0 Å². The average molecular weight is 462 g/mol. The summed E-state index contributed by atoms with van der Waals surface area (Å²) in [6.07, 6.45) is 3.72. The van der Waals surface area contributed by atoms with Crippen molar-refractivity contribution in [3.05, 3.63) is 29.8 Å². The Morgan fingerprint density at radius 2 is 1.58 bits per heavy atom. The molecule has 1 amide bonds. The van der Waals surface area contributed by atoms with E-state index in [9.17, 15) is 9.59 Å². The lowest BCUT2D eigenvalue weighted by Gasteiger charge is -2.57. The van der Waals surface area contributed by atoms with Crippen LogP contribution in [0.15, 0.2) is 24.3 Å². The number of ether oxygens (including phenoxy) is 3. The topological polar surface area (TPSA) is 73.9 Å². The fraction of sp³-hybridized carbons (Fsp3) is 0.704. The van der Waals surface area contributed by atoms with E-state index in [-0.39, 0.29) is 41.1 Å². The van der Waals surface area contributed by atoms with Crippen molar-refractivity contribution >= 4 is 11.7 Å². The molecule has 1 aromatic rings. The van der Waals surface area contributed by atoms with E-state index >= 15 is 0 Å². The van der Waals surface area contributed by atoms with Gasteiger partial charge in [-0.3, -0.25) is 9.59 Å². The average Bonchev–Trinajstić information content (AvgIpc) is 2.77. The number of amides is 1. The number of ketones is 1. The van der Waals surface area contributed by atoms with Crippen LogP contribution in [-0.4, -0.2) is 50.8 Å². The Kier molecular flexibility index (Phi) is 10.4. The zero-order valence-electron chi connectivity index (χ0n) is 21.4. The van der Waals surface area contributed by atoms with Crippen LogP contribution < -0.4 is 10.1 Å². The number of nitrogens with one attached hydrogen (secondary N) is 1. The fourth-order valence-electron chi connectivity index (χ4n) is 4.87. The fourth-order valence-corrected chi connectivity index (χ4v) is 4.87. The number of rotatable bonds is 15. The van der Waals surface area contributed by atoms with E-state index < -0.39 is 0 Å². The van der Waals surface area contributed by atoms with Crippen LogP contribution in [0.3, 0.4) is 0 Å². The largest absolute Gasteiger partial charge is 0.494 e. The molecule has 0 aliphatic heterocycles. The minimum Gasteiger partial charge on any atom is -0.494 e. The van der Waals surface area contributed by atoms with E-state index in [4.69, 9.17) is 14.2 Å². The van der Waals surface area contributed by atoms with E-state index in [1.165, 1.54) is 0 Å². The quantitative estimate of drug-likeness (QED) is 0.370. The Labute approximate surface area is 199 Å². The van der Waals surface area contributed by atoms with E-state index in [0.717, 1.165) is 31.4 Å². The normalized spacial score (nSPS) is 17.8. The SMILES string of the molecule is CCC(C)C(=O)COCCOCCCCOc1ccc(C(=O)NC2C(C)(C)CC2(C)C)cc1. The smallest absolute Gasteiger partial charge is 0.251 e. The predicted octanol–water partition coefficient (Wildman–Crippen LogP) is 5.05. The zero-order valence-corrected chi connectivity index (χ0v) is 21.4. The van der Waals surface area contributed by atoms with Gasteiger partial charge in [-0.25, -0.2) is 0 Å². The number of benzene rings is 1. The summed E-state index contributed by atoms with van der Waals surface area (Å²) in [4.78, 5) is 24.3. The van der Waals surface area contributed by atoms with E-state index in [1.54, 1.807) is 0 Å². The number of unbranched alkanes of at least 4 members (excludes halogenated alkanes) is 1. The van der Waals surface area contributed by atoms with Crippen molar-refractivity contribution in [1.82, 2.24) is 5.32 Å². The van der Waals surface area contributed by atoms with Gasteiger partial charge in [0.15, 0.2) is 5.78 Å². The lowest BCUT2D eigenvalue weighted by molar-refractivity contribution is -0.127. The van der Waals surface area contributed by atoms with Crippen LogP contribution in [0.4, 0.5) is 0 Å². The highest BCUT2D eigenvalue weighted by molar-refractivity contribution is 5.94. The molecule has 1 unspecified atom stereocenters. The van der Waals surface area contributed by atoms with Gasteiger partial charge in [-0.1, -0.05) is 41.5 Å². The molecule has 1 aromatic carbocycles. The first kappa shape index (κ1) is 27.3. The molecule has 2 rings (SSSR count). The highest BCUT2D eigenvalue weighted by Gasteiger charge is 2.53. The summed E-state index contributed by atoms with van der Waals surface area (Å²) in [6, 6.07) is 7.51. The molecule has 6 nitrogen and oxygen atoms in total. The molecule has 33 heavy (non-hydrogen) atoms. The Bertz CT molecular complexity index is 742. The highest BCUT2D eigenvalue weighted by Crippen LogP contribution is 2.53. The van der Waals surface area contributed by atoms with Crippen molar-refractivity contribution in [2.45, 2.75) is 73.3 Å². The highest BCUT2D eigenvalue weighted by atomic mass is 16.5. The third-order valence-corrected chi connectivity index (χ3v) is 6.60. The van der Waals surface area contributed by atoms with Gasteiger partial charge in [0, 0.05) is 24.1 Å². The monoisotopic (exact) mass is 461 g/mol. The summed E-state index contributed by atoms with van der Waals surface area (Å²) >= 11 is 0. The standard InChI is InChI=1S/C27H43NO5/c1-7-20(2)23(29)18-32-17-16-31-14-8-9-15-33-22-12-10-21(11-13-22)24(30)28-25-26(3,4)19-27(25,5)6/h10-13,20,25H,7-9,14-19H2,1-6H3,(H,28,30). The molecule has 1 atom stereocenters. The van der Waals surface area contributed by atoms with Gasteiger partial charge in [-0.15, -0.1) is 0 Å². The van der Waals surface area contributed by atoms with Crippen molar-refractivity contribution in [3.63, 3.8) is 0 Å². The van der Waals surface area contributed by atoms with Crippen LogP contribution in [0.5, 0.6) is 5.75 Å². The molecular weight excluding hydrogens is 418 g/mol. The van der Waals surface area contributed by atoms with Crippen molar-refractivity contribution in [3.8, 4) is 5.75 Å². The molecule has 1 saturated carbocycles. The van der Waals surface area contributed by atoms with Crippen molar-refractivity contribution in [2.24, 2.45) is 16.7 Å². The predicted molar refractivity (Wildman–Crippen MR) is 131 cm³/mol. The van der Waals surface area contributed by atoms with Crippen LogP contribution in [0.1, 0.15) is 77.6 Å².